The lowest BCUT2D eigenvalue weighted by Crippen LogP contribution is -2.53. The van der Waals surface area contributed by atoms with E-state index in [1.165, 1.54) is 16.8 Å². The zero-order chi connectivity index (χ0) is 15.5. The van der Waals surface area contributed by atoms with Crippen molar-refractivity contribution in [3.05, 3.63) is 29.3 Å². The molecule has 0 aromatic heterocycles. The molecule has 0 aliphatic carbocycles. The predicted octanol–water partition coefficient (Wildman–Crippen LogP) is 3.03. The minimum atomic E-state index is 0.289. The third kappa shape index (κ3) is 4.21. The Kier molecular flexibility index (Phi) is 5.28. The highest BCUT2D eigenvalue weighted by atomic mass is 15.3. The molecule has 2 rings (SSSR count). The standard InChI is InChI=1S/C18H31N3/c1-6-19-14-16-7-8-17(15(2)13-16)20-9-11-21(12-10-20)18(3,4)5/h7-8,13,19H,6,9-12,14H2,1-5H3. The van der Waals surface area contributed by atoms with Crippen LogP contribution in [0.5, 0.6) is 0 Å². The number of hydrogen-bond acceptors (Lipinski definition) is 3. The van der Waals surface area contributed by atoms with E-state index in [9.17, 15) is 0 Å². The highest BCUT2D eigenvalue weighted by Gasteiger charge is 2.26. The van der Waals surface area contributed by atoms with Gasteiger partial charge in [-0.3, -0.25) is 4.90 Å². The zero-order valence-electron chi connectivity index (χ0n) is 14.4. The molecule has 0 atom stereocenters. The van der Waals surface area contributed by atoms with Crippen LogP contribution in [-0.2, 0) is 6.54 Å². The van der Waals surface area contributed by atoms with E-state index in [0.29, 0.717) is 0 Å². The molecule has 0 radical (unpaired) electrons. The van der Waals surface area contributed by atoms with Crippen LogP contribution in [0.4, 0.5) is 5.69 Å². The fourth-order valence-corrected chi connectivity index (χ4v) is 3.07. The number of nitrogens with one attached hydrogen (secondary N) is 1. The molecule has 1 aromatic rings. The quantitative estimate of drug-likeness (QED) is 0.919. The molecule has 0 bridgehead atoms. The molecule has 1 aromatic carbocycles. The summed E-state index contributed by atoms with van der Waals surface area (Å²) in [4.78, 5) is 5.12. The van der Waals surface area contributed by atoms with Crippen LogP contribution in [0.3, 0.4) is 0 Å². The molecular formula is C18H31N3. The molecule has 1 N–H and O–H groups in total. The smallest absolute Gasteiger partial charge is 0.0397 e. The summed E-state index contributed by atoms with van der Waals surface area (Å²) in [6.45, 7) is 17.9. The van der Waals surface area contributed by atoms with Crippen LogP contribution in [0, 0.1) is 6.92 Å². The number of rotatable bonds is 4. The van der Waals surface area contributed by atoms with E-state index in [1.54, 1.807) is 0 Å². The molecule has 1 fully saturated rings. The lowest BCUT2D eigenvalue weighted by atomic mass is 10.0. The second-order valence-corrected chi connectivity index (χ2v) is 7.05. The summed E-state index contributed by atoms with van der Waals surface area (Å²) in [5, 5.41) is 3.39. The van der Waals surface area contributed by atoms with E-state index >= 15 is 0 Å². The van der Waals surface area contributed by atoms with Crippen molar-refractivity contribution in [1.29, 1.82) is 0 Å². The molecule has 1 aliphatic rings. The Balaban J connectivity index is 2.00. The summed E-state index contributed by atoms with van der Waals surface area (Å²) >= 11 is 0. The van der Waals surface area contributed by atoms with Crippen LogP contribution >= 0.6 is 0 Å². The molecular weight excluding hydrogens is 258 g/mol. The fraction of sp³-hybridized carbons (Fsp3) is 0.667. The second kappa shape index (κ2) is 6.80. The van der Waals surface area contributed by atoms with Gasteiger partial charge in [0.2, 0.25) is 0 Å². The molecule has 118 valence electrons. The van der Waals surface area contributed by atoms with E-state index in [0.717, 1.165) is 39.3 Å². The molecule has 0 spiro atoms. The van der Waals surface area contributed by atoms with Gasteiger partial charge in [0, 0.05) is 44.0 Å². The first-order chi connectivity index (χ1) is 9.91. The molecule has 1 heterocycles. The third-order valence-corrected chi connectivity index (χ3v) is 4.41. The van der Waals surface area contributed by atoms with Crippen LogP contribution in [-0.4, -0.2) is 43.2 Å². The van der Waals surface area contributed by atoms with Crippen LogP contribution in [0.25, 0.3) is 0 Å². The van der Waals surface area contributed by atoms with Crippen LogP contribution < -0.4 is 10.2 Å². The largest absolute Gasteiger partial charge is 0.369 e. The molecule has 3 heteroatoms. The van der Waals surface area contributed by atoms with E-state index in [-0.39, 0.29) is 5.54 Å². The monoisotopic (exact) mass is 289 g/mol. The molecule has 1 saturated heterocycles. The van der Waals surface area contributed by atoms with Gasteiger partial charge in [0.25, 0.3) is 0 Å². The normalized spacial score (nSPS) is 17.3. The van der Waals surface area contributed by atoms with Gasteiger partial charge in [-0.2, -0.15) is 0 Å². The molecule has 0 saturated carbocycles. The van der Waals surface area contributed by atoms with Crippen molar-refractivity contribution >= 4 is 5.69 Å². The Bertz CT molecular complexity index is 454. The maximum Gasteiger partial charge on any atom is 0.0397 e. The van der Waals surface area contributed by atoms with Crippen LogP contribution in [0.2, 0.25) is 0 Å². The van der Waals surface area contributed by atoms with Gasteiger partial charge < -0.3 is 10.2 Å². The number of nitrogens with zero attached hydrogens (tertiary/aromatic N) is 2. The summed E-state index contributed by atoms with van der Waals surface area (Å²) in [7, 11) is 0. The first-order valence-electron chi connectivity index (χ1n) is 8.22. The van der Waals surface area contributed by atoms with Crippen LogP contribution in [0.1, 0.15) is 38.8 Å². The lowest BCUT2D eigenvalue weighted by molar-refractivity contribution is 0.128. The van der Waals surface area contributed by atoms with Crippen molar-refractivity contribution in [2.75, 3.05) is 37.6 Å². The summed E-state index contributed by atoms with van der Waals surface area (Å²) in [5.74, 6) is 0. The van der Waals surface area contributed by atoms with Gasteiger partial charge in [-0.25, -0.2) is 0 Å². The van der Waals surface area contributed by atoms with Crippen molar-refractivity contribution < 1.29 is 0 Å². The number of piperazine rings is 1. The van der Waals surface area contributed by atoms with Gasteiger partial charge >= 0.3 is 0 Å². The van der Waals surface area contributed by atoms with Crippen molar-refractivity contribution in [2.45, 2.75) is 46.7 Å². The zero-order valence-corrected chi connectivity index (χ0v) is 14.4. The maximum atomic E-state index is 3.39. The summed E-state index contributed by atoms with van der Waals surface area (Å²) in [5.41, 5.74) is 4.47. The third-order valence-electron chi connectivity index (χ3n) is 4.41. The molecule has 3 nitrogen and oxygen atoms in total. The average molecular weight is 289 g/mol. The summed E-state index contributed by atoms with van der Waals surface area (Å²) in [6, 6.07) is 6.89. The van der Waals surface area contributed by atoms with Gasteiger partial charge in [-0.15, -0.1) is 0 Å². The van der Waals surface area contributed by atoms with Gasteiger partial charge in [0.1, 0.15) is 0 Å². The van der Waals surface area contributed by atoms with Crippen molar-refractivity contribution in [2.24, 2.45) is 0 Å². The number of benzene rings is 1. The van der Waals surface area contributed by atoms with Crippen molar-refractivity contribution in [3.63, 3.8) is 0 Å². The lowest BCUT2D eigenvalue weighted by Gasteiger charge is -2.43. The molecule has 0 unspecified atom stereocenters. The van der Waals surface area contributed by atoms with E-state index in [4.69, 9.17) is 0 Å². The maximum absolute atomic E-state index is 3.39. The van der Waals surface area contributed by atoms with E-state index in [1.807, 2.05) is 0 Å². The van der Waals surface area contributed by atoms with Gasteiger partial charge in [0.15, 0.2) is 0 Å². The second-order valence-electron chi connectivity index (χ2n) is 7.05. The minimum Gasteiger partial charge on any atom is -0.369 e. The Morgan fingerprint density at radius 3 is 2.29 bits per heavy atom. The summed E-state index contributed by atoms with van der Waals surface area (Å²) in [6.07, 6.45) is 0. The first-order valence-corrected chi connectivity index (χ1v) is 8.22. The topological polar surface area (TPSA) is 18.5 Å². The Labute approximate surface area is 130 Å². The van der Waals surface area contributed by atoms with Gasteiger partial charge in [0.05, 0.1) is 0 Å². The number of hydrogen-bond donors (Lipinski definition) is 1. The van der Waals surface area contributed by atoms with E-state index in [2.05, 4.69) is 67.9 Å². The highest BCUT2D eigenvalue weighted by molar-refractivity contribution is 5.54. The Morgan fingerprint density at radius 1 is 1.10 bits per heavy atom. The molecule has 21 heavy (non-hydrogen) atoms. The van der Waals surface area contributed by atoms with Gasteiger partial charge in [-0.05, 0) is 51.4 Å². The summed E-state index contributed by atoms with van der Waals surface area (Å²) < 4.78 is 0. The van der Waals surface area contributed by atoms with E-state index < -0.39 is 0 Å². The number of aryl methyl sites for hydroxylation is 1. The Hall–Kier alpha value is -1.06. The SMILES string of the molecule is CCNCc1ccc(N2CCN(C(C)(C)C)CC2)c(C)c1. The van der Waals surface area contributed by atoms with Crippen LogP contribution in [0.15, 0.2) is 18.2 Å². The van der Waals surface area contributed by atoms with Gasteiger partial charge in [-0.1, -0.05) is 19.1 Å². The van der Waals surface area contributed by atoms with Crippen molar-refractivity contribution in [3.8, 4) is 0 Å². The predicted molar refractivity (Wildman–Crippen MR) is 92.1 cm³/mol. The Morgan fingerprint density at radius 2 is 1.76 bits per heavy atom. The number of anilines is 1. The molecule has 0 amide bonds. The first kappa shape index (κ1) is 16.3. The van der Waals surface area contributed by atoms with Crippen molar-refractivity contribution in [1.82, 2.24) is 10.2 Å². The molecule has 1 aliphatic heterocycles. The minimum absolute atomic E-state index is 0.289. The fourth-order valence-electron chi connectivity index (χ4n) is 3.07. The average Bonchev–Trinajstić information content (AvgIpc) is 2.44. The highest BCUT2D eigenvalue weighted by Crippen LogP contribution is 2.24.